The lowest BCUT2D eigenvalue weighted by molar-refractivity contribution is -0.132. The smallest absolute Gasteiger partial charge is 0.337 e. The summed E-state index contributed by atoms with van der Waals surface area (Å²) in [7, 11) is 1.29. The number of carbonyl (C=O) groups is 3. The highest BCUT2D eigenvalue weighted by Crippen LogP contribution is 2.44. The van der Waals surface area contributed by atoms with Gasteiger partial charge < -0.3 is 9.84 Å². The van der Waals surface area contributed by atoms with Gasteiger partial charge in [-0.05, 0) is 60.9 Å². The highest BCUT2D eigenvalue weighted by atomic mass is 32.1. The van der Waals surface area contributed by atoms with Gasteiger partial charge in [-0.15, -0.1) is 0 Å². The number of ether oxygens (including phenoxy) is 1. The molecule has 1 N–H and O–H groups in total. The average molecular weight is 500 g/mol. The molecule has 1 aliphatic heterocycles. The number of esters is 1. The van der Waals surface area contributed by atoms with Gasteiger partial charge in [-0.3, -0.25) is 19.5 Å². The van der Waals surface area contributed by atoms with E-state index >= 15 is 0 Å². The van der Waals surface area contributed by atoms with Crippen LogP contribution in [0.3, 0.4) is 0 Å². The number of hydrogen-bond donors (Lipinski definition) is 1. The lowest BCUT2D eigenvalue weighted by Crippen LogP contribution is -2.29. The fourth-order valence-electron chi connectivity index (χ4n) is 4.39. The molecule has 9 heteroatoms. The summed E-state index contributed by atoms with van der Waals surface area (Å²) in [4.78, 5) is 48.6. The molecule has 2 aromatic heterocycles. The highest BCUT2D eigenvalue weighted by molar-refractivity contribution is 7.22. The van der Waals surface area contributed by atoms with Crippen LogP contribution in [-0.2, 0) is 14.3 Å². The van der Waals surface area contributed by atoms with Gasteiger partial charge in [0.05, 0.1) is 34.5 Å². The first kappa shape index (κ1) is 23.4. The Hall–Kier alpha value is -4.37. The number of ketones is 1. The Bertz CT molecular complexity index is 1560. The average Bonchev–Trinajstić information content (AvgIpc) is 3.42. The Morgan fingerprint density at radius 1 is 1.03 bits per heavy atom. The molecule has 1 atom stereocenters. The van der Waals surface area contributed by atoms with E-state index in [0.29, 0.717) is 21.8 Å². The van der Waals surface area contributed by atoms with Crippen molar-refractivity contribution in [2.75, 3.05) is 12.0 Å². The molecule has 180 valence electrons. The molecule has 1 aliphatic rings. The van der Waals surface area contributed by atoms with Crippen molar-refractivity contribution in [3.8, 4) is 0 Å². The molecule has 1 amide bonds. The van der Waals surface area contributed by atoms with Gasteiger partial charge >= 0.3 is 11.9 Å². The summed E-state index contributed by atoms with van der Waals surface area (Å²) in [6.07, 6.45) is 2.98. The minimum Gasteiger partial charge on any atom is -0.507 e. The number of aromatic nitrogens is 2. The molecule has 0 aliphatic carbocycles. The van der Waals surface area contributed by atoms with Crippen LogP contribution >= 0.6 is 11.3 Å². The number of anilines is 1. The SMILES string of the molecule is COC(=O)c1ccc(C2C(=C(O)c3ccncc3)C(=O)C(=O)N2c2nc3c(C)cc(C)cc3s2)cc1. The summed E-state index contributed by atoms with van der Waals surface area (Å²) in [6, 6.07) is 12.5. The quantitative estimate of drug-likeness (QED) is 0.187. The molecule has 5 rings (SSSR count). The Kier molecular flexibility index (Phi) is 5.85. The second-order valence-corrected chi connectivity index (χ2v) is 9.45. The number of Topliss-reactive ketones (excluding diaryl/α,β-unsaturated/α-hetero) is 1. The number of amides is 1. The van der Waals surface area contributed by atoms with Gasteiger partial charge in [0.1, 0.15) is 5.76 Å². The third-order valence-electron chi connectivity index (χ3n) is 6.07. The van der Waals surface area contributed by atoms with Crippen LogP contribution in [0.5, 0.6) is 0 Å². The number of aliphatic hydroxyl groups is 1. The van der Waals surface area contributed by atoms with Crippen LogP contribution in [-0.4, -0.2) is 39.8 Å². The number of nitrogens with zero attached hydrogens (tertiary/aromatic N) is 3. The van der Waals surface area contributed by atoms with Crippen LogP contribution in [0, 0.1) is 13.8 Å². The fourth-order valence-corrected chi connectivity index (χ4v) is 5.56. The lowest BCUT2D eigenvalue weighted by atomic mass is 9.95. The van der Waals surface area contributed by atoms with E-state index in [0.717, 1.165) is 21.3 Å². The number of thiazole rings is 1. The van der Waals surface area contributed by atoms with E-state index in [-0.39, 0.29) is 11.3 Å². The van der Waals surface area contributed by atoms with Gasteiger partial charge in [-0.25, -0.2) is 9.78 Å². The fraction of sp³-hybridized carbons (Fsp3) is 0.148. The summed E-state index contributed by atoms with van der Waals surface area (Å²) < 4.78 is 5.66. The van der Waals surface area contributed by atoms with Crippen molar-refractivity contribution in [2.24, 2.45) is 0 Å². The predicted molar refractivity (Wildman–Crippen MR) is 136 cm³/mol. The van der Waals surface area contributed by atoms with Crippen molar-refractivity contribution in [3.05, 3.63) is 94.3 Å². The largest absolute Gasteiger partial charge is 0.507 e. The van der Waals surface area contributed by atoms with Gasteiger partial charge in [0.25, 0.3) is 5.78 Å². The van der Waals surface area contributed by atoms with Gasteiger partial charge in [-0.1, -0.05) is 29.5 Å². The molecular weight excluding hydrogens is 478 g/mol. The third kappa shape index (κ3) is 3.83. The van der Waals surface area contributed by atoms with Crippen molar-refractivity contribution in [1.29, 1.82) is 0 Å². The first-order valence-electron chi connectivity index (χ1n) is 11.1. The zero-order chi connectivity index (χ0) is 25.6. The summed E-state index contributed by atoms with van der Waals surface area (Å²) in [5, 5.41) is 11.5. The monoisotopic (exact) mass is 499 g/mol. The minimum absolute atomic E-state index is 0.0656. The second kappa shape index (κ2) is 9.01. The van der Waals surface area contributed by atoms with E-state index in [4.69, 9.17) is 9.72 Å². The van der Waals surface area contributed by atoms with Crippen LogP contribution in [0.4, 0.5) is 5.13 Å². The van der Waals surface area contributed by atoms with Gasteiger partial charge in [0.15, 0.2) is 5.13 Å². The number of benzene rings is 2. The molecule has 2 aromatic carbocycles. The van der Waals surface area contributed by atoms with Crippen molar-refractivity contribution in [3.63, 3.8) is 0 Å². The number of aliphatic hydroxyl groups excluding tert-OH is 1. The molecule has 8 nitrogen and oxygen atoms in total. The number of pyridine rings is 1. The van der Waals surface area contributed by atoms with E-state index in [1.54, 1.807) is 36.4 Å². The maximum absolute atomic E-state index is 13.4. The van der Waals surface area contributed by atoms with E-state index in [1.165, 1.54) is 35.7 Å². The topological polar surface area (TPSA) is 110 Å². The van der Waals surface area contributed by atoms with E-state index in [2.05, 4.69) is 4.98 Å². The lowest BCUT2D eigenvalue weighted by Gasteiger charge is -2.23. The number of fused-ring (bicyclic) bond motifs is 1. The van der Waals surface area contributed by atoms with E-state index in [1.807, 2.05) is 26.0 Å². The first-order valence-corrected chi connectivity index (χ1v) is 11.9. The normalized spacial score (nSPS) is 17.1. The molecule has 1 fully saturated rings. The van der Waals surface area contributed by atoms with Crippen LogP contribution in [0.15, 0.2) is 66.5 Å². The van der Waals surface area contributed by atoms with E-state index in [9.17, 15) is 19.5 Å². The molecule has 0 spiro atoms. The molecule has 1 saturated heterocycles. The second-order valence-electron chi connectivity index (χ2n) is 8.44. The Labute approximate surface area is 210 Å². The van der Waals surface area contributed by atoms with Gasteiger partial charge in [-0.2, -0.15) is 0 Å². The number of carbonyl (C=O) groups excluding carboxylic acids is 3. The van der Waals surface area contributed by atoms with Gasteiger partial charge in [0, 0.05) is 18.0 Å². The molecule has 4 aromatic rings. The number of hydrogen-bond acceptors (Lipinski definition) is 8. The standard InChI is InChI=1S/C27H21N3O5S/c1-14-12-15(2)21-19(13-14)36-27(29-21)30-22(16-4-6-18(7-5-16)26(34)35-3)20(24(32)25(30)33)23(31)17-8-10-28-11-9-17/h4-13,22,31H,1-3H3. The molecule has 0 radical (unpaired) electrons. The summed E-state index contributed by atoms with van der Waals surface area (Å²) in [6.45, 7) is 3.93. The number of rotatable bonds is 4. The first-order chi connectivity index (χ1) is 17.3. The van der Waals surface area contributed by atoms with Crippen molar-refractivity contribution < 1.29 is 24.2 Å². The molecule has 3 heterocycles. The molecule has 0 bridgehead atoms. The molecule has 1 unspecified atom stereocenters. The maximum atomic E-state index is 13.4. The number of aryl methyl sites for hydroxylation is 2. The summed E-state index contributed by atoms with van der Waals surface area (Å²) in [5.74, 6) is -2.43. The molecular formula is C27H21N3O5S. The summed E-state index contributed by atoms with van der Waals surface area (Å²) in [5.41, 5.74) is 3.91. The van der Waals surface area contributed by atoms with Crippen molar-refractivity contribution >= 4 is 50.1 Å². The minimum atomic E-state index is -0.952. The maximum Gasteiger partial charge on any atom is 0.337 e. The van der Waals surface area contributed by atoms with Crippen molar-refractivity contribution in [2.45, 2.75) is 19.9 Å². The van der Waals surface area contributed by atoms with Crippen LogP contribution < -0.4 is 4.90 Å². The Balaban J connectivity index is 1.72. The number of methoxy groups -OCH3 is 1. The third-order valence-corrected chi connectivity index (χ3v) is 7.07. The molecule has 0 saturated carbocycles. The van der Waals surface area contributed by atoms with Gasteiger partial charge in [0.2, 0.25) is 0 Å². The van der Waals surface area contributed by atoms with Crippen LogP contribution in [0.25, 0.3) is 16.0 Å². The summed E-state index contributed by atoms with van der Waals surface area (Å²) >= 11 is 1.30. The zero-order valence-electron chi connectivity index (χ0n) is 19.7. The zero-order valence-corrected chi connectivity index (χ0v) is 20.5. The Morgan fingerprint density at radius 2 is 1.72 bits per heavy atom. The predicted octanol–water partition coefficient (Wildman–Crippen LogP) is 4.72. The van der Waals surface area contributed by atoms with Crippen molar-refractivity contribution in [1.82, 2.24) is 9.97 Å². The van der Waals surface area contributed by atoms with Crippen LogP contribution in [0.1, 0.15) is 38.7 Å². The van der Waals surface area contributed by atoms with Crippen LogP contribution in [0.2, 0.25) is 0 Å². The van der Waals surface area contributed by atoms with E-state index < -0.39 is 23.7 Å². The molecule has 36 heavy (non-hydrogen) atoms. The highest BCUT2D eigenvalue weighted by Gasteiger charge is 2.48. The Morgan fingerprint density at radius 3 is 2.39 bits per heavy atom.